The minimum Gasteiger partial charge on any atom is -0.285 e. The summed E-state index contributed by atoms with van der Waals surface area (Å²) in [5.41, 5.74) is 5.20. The third-order valence-electron chi connectivity index (χ3n) is 1.64. The minimum atomic E-state index is -0.00736. The molecule has 0 bridgehead atoms. The number of nitrogens with zero attached hydrogens (tertiary/aromatic N) is 1. The molecule has 1 heterocycles. The van der Waals surface area contributed by atoms with E-state index in [1.807, 2.05) is 6.92 Å². The van der Waals surface area contributed by atoms with Crippen LogP contribution in [0.3, 0.4) is 0 Å². The van der Waals surface area contributed by atoms with Crippen molar-refractivity contribution in [3.05, 3.63) is 0 Å². The molecule has 1 rings (SSSR count). The van der Waals surface area contributed by atoms with Gasteiger partial charge in [0.1, 0.15) is 5.84 Å². The van der Waals surface area contributed by atoms with Crippen molar-refractivity contribution >= 4 is 11.7 Å². The van der Waals surface area contributed by atoms with Gasteiger partial charge in [-0.3, -0.25) is 20.6 Å². The second kappa shape index (κ2) is 3.37. The highest BCUT2D eigenvalue weighted by Gasteiger charge is 2.15. The van der Waals surface area contributed by atoms with Gasteiger partial charge in [0.25, 0.3) is 0 Å². The van der Waals surface area contributed by atoms with Crippen molar-refractivity contribution in [1.29, 1.82) is 0 Å². The molecule has 1 saturated heterocycles. The van der Waals surface area contributed by atoms with Gasteiger partial charge in [-0.05, 0) is 13.3 Å². The van der Waals surface area contributed by atoms with Gasteiger partial charge in [0, 0.05) is 6.04 Å². The summed E-state index contributed by atoms with van der Waals surface area (Å²) in [6.07, 6.45) is 1.39. The number of amidine groups is 1. The van der Waals surface area contributed by atoms with Crippen molar-refractivity contribution in [3.63, 3.8) is 0 Å². The van der Waals surface area contributed by atoms with E-state index in [0.29, 0.717) is 12.5 Å². The van der Waals surface area contributed by atoms with E-state index >= 15 is 0 Å². The first-order chi connectivity index (χ1) is 5.22. The smallest absolute Gasteiger partial charge is 0.245 e. The second-order valence-electron chi connectivity index (χ2n) is 2.68. The Labute approximate surface area is 66.0 Å². The Hall–Kier alpha value is -1.06. The van der Waals surface area contributed by atoms with Gasteiger partial charge < -0.3 is 0 Å². The number of rotatable bonds is 2. The highest BCUT2D eigenvalue weighted by atomic mass is 16.2. The number of aliphatic imine (C=N–C) groups is 1. The van der Waals surface area contributed by atoms with E-state index in [9.17, 15) is 4.79 Å². The number of carbonyl (C=O) groups is 1. The molecular weight excluding hydrogens is 142 g/mol. The zero-order chi connectivity index (χ0) is 8.27. The summed E-state index contributed by atoms with van der Waals surface area (Å²) >= 11 is 0. The molecule has 0 aromatic rings. The van der Waals surface area contributed by atoms with Gasteiger partial charge in [-0.1, -0.05) is 6.92 Å². The Morgan fingerprint density at radius 3 is 2.82 bits per heavy atom. The molecule has 0 radical (unpaired) electrons. The molecule has 0 spiro atoms. The van der Waals surface area contributed by atoms with E-state index in [-0.39, 0.29) is 5.91 Å². The Balaban J connectivity index is 2.47. The highest BCUT2D eigenvalue weighted by molar-refractivity contribution is 6.04. The molecule has 62 valence electrons. The first-order valence-electron chi connectivity index (χ1n) is 3.84. The van der Waals surface area contributed by atoms with E-state index in [2.05, 4.69) is 22.8 Å². The molecule has 0 aromatic carbocycles. The third-order valence-corrected chi connectivity index (χ3v) is 1.64. The monoisotopic (exact) mass is 155 g/mol. The van der Waals surface area contributed by atoms with E-state index in [1.165, 1.54) is 0 Å². The van der Waals surface area contributed by atoms with E-state index in [1.54, 1.807) is 0 Å². The molecule has 11 heavy (non-hydrogen) atoms. The summed E-state index contributed by atoms with van der Waals surface area (Å²) in [6.45, 7) is 4.09. The Bertz CT molecular complexity index is 188. The fraction of sp³-hybridized carbons (Fsp3) is 0.714. The summed E-state index contributed by atoms with van der Waals surface area (Å²) in [5.74, 6) is 0.747. The lowest BCUT2D eigenvalue weighted by atomic mass is 10.3. The zero-order valence-corrected chi connectivity index (χ0v) is 6.85. The molecule has 0 aromatic heterocycles. The van der Waals surface area contributed by atoms with Gasteiger partial charge in [-0.25, -0.2) is 0 Å². The van der Waals surface area contributed by atoms with E-state index in [0.717, 1.165) is 12.3 Å². The first kappa shape index (κ1) is 8.04. The molecule has 4 nitrogen and oxygen atoms in total. The van der Waals surface area contributed by atoms with Gasteiger partial charge in [0.05, 0.1) is 6.42 Å². The number of hydrogen-bond acceptors (Lipinski definition) is 2. The van der Waals surface area contributed by atoms with Crippen LogP contribution in [-0.2, 0) is 4.79 Å². The van der Waals surface area contributed by atoms with Crippen LogP contribution in [0.15, 0.2) is 4.99 Å². The summed E-state index contributed by atoms with van der Waals surface area (Å²) < 4.78 is 0. The Morgan fingerprint density at radius 2 is 2.36 bits per heavy atom. The maximum Gasteiger partial charge on any atom is 0.245 e. The normalized spacial score (nSPS) is 23.1. The van der Waals surface area contributed by atoms with Crippen molar-refractivity contribution in [1.82, 2.24) is 10.9 Å². The molecule has 1 aliphatic heterocycles. The SMILES string of the molecule is CCC(C)N=C1CC(=O)NN1. The van der Waals surface area contributed by atoms with Crippen LogP contribution in [0.25, 0.3) is 0 Å². The number of carbonyl (C=O) groups excluding carboxylic acids is 1. The van der Waals surface area contributed by atoms with Gasteiger partial charge in [-0.15, -0.1) is 0 Å². The fourth-order valence-corrected chi connectivity index (χ4v) is 0.818. The number of hydrazine groups is 1. The maximum absolute atomic E-state index is 10.7. The second-order valence-corrected chi connectivity index (χ2v) is 2.68. The standard InChI is InChI=1S/C7H13N3O/c1-3-5(2)8-6-4-7(11)10-9-6/h5H,3-4H2,1-2H3,(H,8,9)(H,10,11). The van der Waals surface area contributed by atoms with Gasteiger partial charge in [-0.2, -0.15) is 0 Å². The number of amides is 1. The van der Waals surface area contributed by atoms with Crippen molar-refractivity contribution in [2.45, 2.75) is 32.7 Å². The van der Waals surface area contributed by atoms with Crippen LogP contribution in [0.1, 0.15) is 26.7 Å². The van der Waals surface area contributed by atoms with Crippen LogP contribution in [0.5, 0.6) is 0 Å². The average molecular weight is 155 g/mol. The van der Waals surface area contributed by atoms with Crippen LogP contribution in [0, 0.1) is 0 Å². The lowest BCUT2D eigenvalue weighted by Gasteiger charge is -2.02. The zero-order valence-electron chi connectivity index (χ0n) is 6.85. The predicted octanol–water partition coefficient (Wildman–Crippen LogP) is 0.208. The molecule has 1 fully saturated rings. The predicted molar refractivity (Wildman–Crippen MR) is 43.1 cm³/mol. The molecule has 1 atom stereocenters. The van der Waals surface area contributed by atoms with E-state index in [4.69, 9.17) is 0 Å². The molecule has 1 unspecified atom stereocenters. The Kier molecular flexibility index (Phi) is 2.46. The van der Waals surface area contributed by atoms with Crippen molar-refractivity contribution < 1.29 is 4.79 Å². The van der Waals surface area contributed by atoms with Gasteiger partial charge in [0.15, 0.2) is 0 Å². The average Bonchev–Trinajstić information content (AvgIpc) is 2.35. The largest absolute Gasteiger partial charge is 0.285 e. The number of nitrogens with one attached hydrogen (secondary N) is 2. The van der Waals surface area contributed by atoms with Crippen molar-refractivity contribution in [2.24, 2.45) is 4.99 Å². The Morgan fingerprint density at radius 1 is 1.64 bits per heavy atom. The van der Waals surface area contributed by atoms with Crippen LogP contribution in [0.4, 0.5) is 0 Å². The van der Waals surface area contributed by atoms with Crippen LogP contribution in [-0.4, -0.2) is 17.8 Å². The van der Waals surface area contributed by atoms with Crippen LogP contribution >= 0.6 is 0 Å². The molecule has 2 N–H and O–H groups in total. The topological polar surface area (TPSA) is 53.5 Å². The van der Waals surface area contributed by atoms with Crippen LogP contribution < -0.4 is 10.9 Å². The first-order valence-corrected chi connectivity index (χ1v) is 3.84. The van der Waals surface area contributed by atoms with Crippen molar-refractivity contribution in [3.8, 4) is 0 Å². The number of hydrogen-bond donors (Lipinski definition) is 2. The molecular formula is C7H13N3O. The lowest BCUT2D eigenvalue weighted by molar-refractivity contribution is -0.119. The quantitative estimate of drug-likeness (QED) is 0.599. The van der Waals surface area contributed by atoms with E-state index < -0.39 is 0 Å². The third kappa shape index (κ3) is 2.22. The van der Waals surface area contributed by atoms with Gasteiger partial charge in [0.2, 0.25) is 5.91 Å². The van der Waals surface area contributed by atoms with Crippen LogP contribution in [0.2, 0.25) is 0 Å². The van der Waals surface area contributed by atoms with Crippen molar-refractivity contribution in [2.75, 3.05) is 0 Å². The summed E-state index contributed by atoms with van der Waals surface area (Å²) in [4.78, 5) is 14.9. The molecule has 1 aliphatic rings. The fourth-order valence-electron chi connectivity index (χ4n) is 0.818. The van der Waals surface area contributed by atoms with Gasteiger partial charge >= 0.3 is 0 Å². The minimum absolute atomic E-state index is 0.00736. The maximum atomic E-state index is 10.7. The molecule has 4 heteroatoms. The molecule has 0 saturated carbocycles. The lowest BCUT2D eigenvalue weighted by Crippen LogP contribution is -2.29. The summed E-state index contributed by atoms with van der Waals surface area (Å²) in [6, 6.07) is 0.296. The molecule has 1 amide bonds. The summed E-state index contributed by atoms with van der Waals surface area (Å²) in [7, 11) is 0. The highest BCUT2D eigenvalue weighted by Crippen LogP contribution is 1.98. The molecule has 0 aliphatic carbocycles. The summed E-state index contributed by atoms with van der Waals surface area (Å²) in [5, 5.41) is 0.